The fourth-order valence-electron chi connectivity index (χ4n) is 1.02. The van der Waals surface area contributed by atoms with Crippen molar-refractivity contribution < 1.29 is 24.5 Å². The van der Waals surface area contributed by atoms with Crippen molar-refractivity contribution in [3.63, 3.8) is 0 Å². The van der Waals surface area contributed by atoms with Gasteiger partial charge in [-0.05, 0) is 9.91 Å². The number of hydrogen-bond acceptors (Lipinski definition) is 6. The molecule has 18 heavy (non-hydrogen) atoms. The van der Waals surface area contributed by atoms with Gasteiger partial charge in [0.2, 0.25) is 12.2 Å². The van der Waals surface area contributed by atoms with Crippen LogP contribution in [-0.4, -0.2) is 38.1 Å². The Labute approximate surface area is 100 Å². The van der Waals surface area contributed by atoms with Gasteiger partial charge < -0.3 is 19.8 Å². The van der Waals surface area contributed by atoms with Gasteiger partial charge in [0.25, 0.3) is 0 Å². The minimum atomic E-state index is -1.21. The minimum Gasteiger partial charge on any atom is -0.479 e. The predicted molar refractivity (Wildman–Crippen MR) is 55.2 cm³/mol. The SMILES string of the molecule is O=C(O)CONC(=O)CCn1cnc([N+](=O)[O-])c1. The molecule has 98 valence electrons. The van der Waals surface area contributed by atoms with E-state index in [0.717, 1.165) is 0 Å². The maximum Gasteiger partial charge on any atom is 0.381 e. The van der Waals surface area contributed by atoms with Crippen LogP contribution < -0.4 is 5.48 Å². The average Bonchev–Trinajstić information content (AvgIpc) is 2.74. The monoisotopic (exact) mass is 258 g/mol. The molecule has 1 rings (SSSR count). The van der Waals surface area contributed by atoms with Gasteiger partial charge in [0, 0.05) is 13.0 Å². The lowest BCUT2D eigenvalue weighted by atomic mass is 10.4. The van der Waals surface area contributed by atoms with Crippen molar-refractivity contribution in [3.8, 4) is 0 Å². The van der Waals surface area contributed by atoms with Crippen molar-refractivity contribution in [1.82, 2.24) is 15.0 Å². The van der Waals surface area contributed by atoms with E-state index in [1.807, 2.05) is 5.48 Å². The Bertz CT molecular complexity index is 456. The van der Waals surface area contributed by atoms with Crippen molar-refractivity contribution in [2.75, 3.05) is 6.61 Å². The molecular formula is C8H10N4O6. The minimum absolute atomic E-state index is 0.0207. The lowest BCUT2D eigenvalue weighted by Gasteiger charge is -2.03. The number of aryl methyl sites for hydroxylation is 1. The van der Waals surface area contributed by atoms with E-state index in [2.05, 4.69) is 9.82 Å². The van der Waals surface area contributed by atoms with Crippen molar-refractivity contribution in [2.24, 2.45) is 0 Å². The molecule has 10 nitrogen and oxygen atoms in total. The summed E-state index contributed by atoms with van der Waals surface area (Å²) in [6, 6.07) is 0. The molecule has 1 aromatic heterocycles. The molecule has 0 aliphatic heterocycles. The molecule has 0 saturated carbocycles. The van der Waals surface area contributed by atoms with E-state index >= 15 is 0 Å². The molecule has 2 N–H and O–H groups in total. The van der Waals surface area contributed by atoms with Crippen LogP contribution in [0.25, 0.3) is 0 Å². The zero-order valence-corrected chi connectivity index (χ0v) is 9.11. The third-order valence-electron chi connectivity index (χ3n) is 1.79. The molecule has 0 saturated heterocycles. The van der Waals surface area contributed by atoms with Gasteiger partial charge in [-0.2, -0.15) is 0 Å². The fourth-order valence-corrected chi connectivity index (χ4v) is 1.02. The number of amides is 1. The first-order valence-electron chi connectivity index (χ1n) is 4.77. The van der Waals surface area contributed by atoms with E-state index in [-0.39, 0.29) is 18.8 Å². The first kappa shape index (κ1) is 13.6. The smallest absolute Gasteiger partial charge is 0.381 e. The number of nitrogens with one attached hydrogen (secondary N) is 1. The largest absolute Gasteiger partial charge is 0.479 e. The molecule has 0 bridgehead atoms. The highest BCUT2D eigenvalue weighted by Crippen LogP contribution is 2.05. The molecule has 1 aromatic rings. The van der Waals surface area contributed by atoms with E-state index in [4.69, 9.17) is 5.11 Å². The van der Waals surface area contributed by atoms with Crippen molar-refractivity contribution in [1.29, 1.82) is 0 Å². The Morgan fingerprint density at radius 1 is 1.61 bits per heavy atom. The summed E-state index contributed by atoms with van der Waals surface area (Å²) in [4.78, 5) is 38.8. The summed E-state index contributed by atoms with van der Waals surface area (Å²) < 4.78 is 1.37. The number of aliphatic carboxylic acids is 1. The summed E-state index contributed by atoms with van der Waals surface area (Å²) in [5.74, 6) is -2.05. The van der Waals surface area contributed by atoms with Crippen LogP contribution >= 0.6 is 0 Å². The van der Waals surface area contributed by atoms with Crippen LogP contribution in [0.1, 0.15) is 6.42 Å². The van der Waals surface area contributed by atoms with Gasteiger partial charge in [-0.1, -0.05) is 0 Å². The van der Waals surface area contributed by atoms with Gasteiger partial charge in [0.1, 0.15) is 6.20 Å². The highest BCUT2D eigenvalue weighted by molar-refractivity contribution is 5.75. The number of hydrogen-bond donors (Lipinski definition) is 2. The molecule has 0 spiro atoms. The first-order chi connectivity index (χ1) is 8.49. The van der Waals surface area contributed by atoms with Crippen molar-refractivity contribution in [2.45, 2.75) is 13.0 Å². The molecule has 10 heteroatoms. The summed E-state index contributed by atoms with van der Waals surface area (Å²) in [7, 11) is 0. The van der Waals surface area contributed by atoms with Crippen LogP contribution in [0.4, 0.5) is 5.82 Å². The summed E-state index contributed by atoms with van der Waals surface area (Å²) in [5.41, 5.74) is 1.93. The topological polar surface area (TPSA) is 137 Å². The number of carboxylic acid groups (broad SMARTS) is 1. The number of carboxylic acids is 1. The predicted octanol–water partition coefficient (Wildman–Crippen LogP) is -0.686. The fraction of sp³-hybridized carbons (Fsp3) is 0.375. The van der Waals surface area contributed by atoms with Crippen LogP contribution in [0.15, 0.2) is 12.5 Å². The Hall–Kier alpha value is -2.49. The number of carbonyl (C=O) groups is 2. The van der Waals surface area contributed by atoms with E-state index in [9.17, 15) is 19.7 Å². The number of nitrogens with zero attached hydrogens (tertiary/aromatic N) is 3. The summed E-state index contributed by atoms with van der Waals surface area (Å²) in [5, 5.41) is 18.6. The van der Waals surface area contributed by atoms with Crippen LogP contribution in [0.2, 0.25) is 0 Å². The van der Waals surface area contributed by atoms with Gasteiger partial charge in [-0.25, -0.2) is 10.3 Å². The molecule has 0 unspecified atom stereocenters. The summed E-state index contributed by atoms with van der Waals surface area (Å²) >= 11 is 0. The second kappa shape index (κ2) is 6.30. The molecule has 0 atom stereocenters. The summed E-state index contributed by atoms with van der Waals surface area (Å²) in [6.45, 7) is -0.467. The third-order valence-corrected chi connectivity index (χ3v) is 1.79. The number of hydroxylamine groups is 1. The molecule has 0 aliphatic carbocycles. The molecule has 1 heterocycles. The second-order valence-electron chi connectivity index (χ2n) is 3.18. The number of nitro groups is 1. The Morgan fingerprint density at radius 3 is 2.89 bits per heavy atom. The molecular weight excluding hydrogens is 248 g/mol. The van der Waals surface area contributed by atoms with Crippen LogP contribution in [0, 0.1) is 10.1 Å². The molecule has 0 aromatic carbocycles. The van der Waals surface area contributed by atoms with Crippen LogP contribution in [-0.2, 0) is 21.0 Å². The lowest BCUT2D eigenvalue weighted by molar-refractivity contribution is -0.389. The highest BCUT2D eigenvalue weighted by Gasteiger charge is 2.10. The maximum atomic E-state index is 11.1. The Kier molecular flexibility index (Phi) is 4.75. The number of imidazole rings is 1. The third kappa shape index (κ3) is 4.57. The standard InChI is InChI=1S/C8H10N4O6/c13-7(10-18-4-8(14)15)1-2-11-3-6(9-5-11)12(16)17/h3,5H,1-2,4H2,(H,10,13)(H,14,15). The zero-order valence-electron chi connectivity index (χ0n) is 9.11. The van der Waals surface area contributed by atoms with Gasteiger partial charge in [-0.15, -0.1) is 0 Å². The average molecular weight is 258 g/mol. The van der Waals surface area contributed by atoms with E-state index in [0.29, 0.717) is 0 Å². The maximum absolute atomic E-state index is 11.1. The van der Waals surface area contributed by atoms with Crippen molar-refractivity contribution >= 4 is 17.7 Å². The zero-order chi connectivity index (χ0) is 13.5. The molecule has 0 radical (unpaired) electrons. The van der Waals surface area contributed by atoms with E-state index < -0.39 is 23.4 Å². The molecule has 1 amide bonds. The van der Waals surface area contributed by atoms with Gasteiger partial charge in [-0.3, -0.25) is 9.63 Å². The van der Waals surface area contributed by atoms with E-state index in [1.54, 1.807) is 0 Å². The Morgan fingerprint density at radius 2 is 2.33 bits per heavy atom. The molecule has 0 aliphatic rings. The Balaban J connectivity index is 2.29. The van der Waals surface area contributed by atoms with Gasteiger partial charge in [0.05, 0.1) is 0 Å². The highest BCUT2D eigenvalue weighted by atomic mass is 16.7. The van der Waals surface area contributed by atoms with Crippen LogP contribution in [0.3, 0.4) is 0 Å². The lowest BCUT2D eigenvalue weighted by Crippen LogP contribution is -2.27. The van der Waals surface area contributed by atoms with Gasteiger partial charge >= 0.3 is 11.8 Å². The quantitative estimate of drug-likeness (QED) is 0.488. The second-order valence-corrected chi connectivity index (χ2v) is 3.18. The number of rotatable bonds is 7. The number of carbonyl (C=O) groups excluding carboxylic acids is 1. The van der Waals surface area contributed by atoms with E-state index in [1.165, 1.54) is 17.1 Å². The summed E-state index contributed by atoms with van der Waals surface area (Å²) in [6.07, 6.45) is 2.39. The molecule has 0 fully saturated rings. The first-order valence-corrected chi connectivity index (χ1v) is 4.77. The van der Waals surface area contributed by atoms with Crippen molar-refractivity contribution in [3.05, 3.63) is 22.6 Å². The number of aromatic nitrogens is 2. The van der Waals surface area contributed by atoms with Crippen LogP contribution in [0.5, 0.6) is 0 Å². The van der Waals surface area contributed by atoms with Gasteiger partial charge in [0.15, 0.2) is 6.61 Å². The normalized spacial score (nSPS) is 10.0.